The van der Waals surface area contributed by atoms with Crippen molar-refractivity contribution in [3.05, 3.63) is 62.6 Å². The zero-order valence-electron chi connectivity index (χ0n) is 19.4. The fraction of sp³-hybridized carbons (Fsp3) is 0.423. The van der Waals surface area contributed by atoms with E-state index in [4.69, 9.17) is 4.74 Å². The molecule has 1 aliphatic carbocycles. The molecule has 1 aromatic carbocycles. The molecule has 0 spiro atoms. The van der Waals surface area contributed by atoms with Gasteiger partial charge >= 0.3 is 5.97 Å². The fourth-order valence-corrected chi connectivity index (χ4v) is 5.97. The summed E-state index contributed by atoms with van der Waals surface area (Å²) in [5.74, 6) is -0.543. The number of hydrogen-bond donors (Lipinski definition) is 0. The third-order valence-electron chi connectivity index (χ3n) is 6.87. The highest BCUT2D eigenvalue weighted by atomic mass is 32.1. The van der Waals surface area contributed by atoms with Crippen LogP contribution in [0, 0.1) is 0 Å². The highest BCUT2D eigenvalue weighted by molar-refractivity contribution is 7.12. The van der Waals surface area contributed by atoms with E-state index < -0.39 is 5.97 Å². The van der Waals surface area contributed by atoms with Crippen LogP contribution in [-0.4, -0.2) is 54.1 Å². The molecule has 178 valence electrons. The molecule has 8 heteroatoms. The topological polar surface area (TPSA) is 71.8 Å². The maximum Gasteiger partial charge on any atom is 0.345 e. The molecule has 0 bridgehead atoms. The number of anilines is 1. The van der Waals surface area contributed by atoms with Gasteiger partial charge in [-0.2, -0.15) is 0 Å². The second-order valence-electron chi connectivity index (χ2n) is 8.83. The molecule has 2 aliphatic rings. The quantitative estimate of drug-likeness (QED) is 0.510. The first-order valence-corrected chi connectivity index (χ1v) is 12.9. The summed E-state index contributed by atoms with van der Waals surface area (Å²) >= 11 is 1.44. The van der Waals surface area contributed by atoms with E-state index in [0.717, 1.165) is 41.5 Å². The van der Waals surface area contributed by atoms with Gasteiger partial charge in [0.25, 0.3) is 11.5 Å². The summed E-state index contributed by atoms with van der Waals surface area (Å²) in [4.78, 5) is 44.5. The fourth-order valence-electron chi connectivity index (χ4n) is 5.28. The van der Waals surface area contributed by atoms with E-state index in [-0.39, 0.29) is 29.7 Å². The lowest BCUT2D eigenvalue weighted by atomic mass is 10.0. The van der Waals surface area contributed by atoms with Gasteiger partial charge in [-0.3, -0.25) is 9.59 Å². The Hall–Kier alpha value is -3.13. The van der Waals surface area contributed by atoms with Gasteiger partial charge in [0.15, 0.2) is 0 Å². The lowest BCUT2D eigenvalue weighted by molar-refractivity contribution is 0.0523. The largest absolute Gasteiger partial charge is 0.462 e. The molecule has 1 saturated heterocycles. The van der Waals surface area contributed by atoms with Crippen LogP contribution in [0.3, 0.4) is 0 Å². The first-order chi connectivity index (χ1) is 16.6. The van der Waals surface area contributed by atoms with E-state index in [1.807, 2.05) is 51.2 Å². The summed E-state index contributed by atoms with van der Waals surface area (Å²) < 4.78 is 7.20. The van der Waals surface area contributed by atoms with Crippen LogP contribution in [0.5, 0.6) is 0 Å². The molecular weight excluding hydrogens is 450 g/mol. The molecule has 0 atom stereocenters. The van der Waals surface area contributed by atoms with Gasteiger partial charge < -0.3 is 19.1 Å². The molecule has 3 aromatic rings. The summed E-state index contributed by atoms with van der Waals surface area (Å²) in [6, 6.07) is 11.7. The minimum atomic E-state index is -0.572. The Bertz CT molecular complexity index is 1250. The highest BCUT2D eigenvalue weighted by Gasteiger charge is 2.32. The third-order valence-corrected chi connectivity index (χ3v) is 7.73. The van der Waals surface area contributed by atoms with Crippen LogP contribution in [-0.2, 0) is 4.74 Å². The standard InChI is InChI=1S/C26H29N3O4S/c1-2-33-26(32)22-23(27-13-15-28(16-14-27)24(30)21-12-7-17-34-21)19-10-5-6-11-20(19)29(25(22)31)18-8-3-4-9-18/h5-7,10-12,17-18H,2-4,8-9,13-16H2,1H3. The Morgan fingerprint density at radius 2 is 1.76 bits per heavy atom. The number of carbonyl (C=O) groups is 2. The van der Waals surface area contributed by atoms with Crippen LogP contribution in [0.2, 0.25) is 0 Å². The van der Waals surface area contributed by atoms with Gasteiger partial charge in [-0.25, -0.2) is 4.79 Å². The number of esters is 1. The molecule has 1 saturated carbocycles. The number of pyridine rings is 1. The summed E-state index contributed by atoms with van der Waals surface area (Å²) in [7, 11) is 0. The van der Waals surface area contributed by atoms with Gasteiger partial charge in [-0.1, -0.05) is 37.1 Å². The average Bonchev–Trinajstić information content (AvgIpc) is 3.58. The van der Waals surface area contributed by atoms with Crippen LogP contribution in [0.1, 0.15) is 58.7 Å². The number of ether oxygens (including phenoxy) is 1. The van der Waals surface area contributed by atoms with Gasteiger partial charge in [0.05, 0.1) is 22.7 Å². The van der Waals surface area contributed by atoms with E-state index in [0.29, 0.717) is 31.9 Å². The zero-order valence-corrected chi connectivity index (χ0v) is 20.2. The van der Waals surface area contributed by atoms with E-state index in [1.165, 1.54) is 11.3 Å². The molecule has 0 N–H and O–H groups in total. The van der Waals surface area contributed by atoms with Crippen molar-refractivity contribution in [3.63, 3.8) is 0 Å². The maximum atomic E-state index is 13.8. The summed E-state index contributed by atoms with van der Waals surface area (Å²) in [5, 5.41) is 2.79. The zero-order chi connectivity index (χ0) is 23.7. The van der Waals surface area contributed by atoms with Crippen molar-refractivity contribution in [2.24, 2.45) is 0 Å². The summed E-state index contributed by atoms with van der Waals surface area (Å²) in [6.07, 6.45) is 4.05. The molecular formula is C26H29N3O4S. The Kier molecular flexibility index (Phi) is 6.41. The Morgan fingerprint density at radius 3 is 2.44 bits per heavy atom. The summed E-state index contributed by atoms with van der Waals surface area (Å²) in [6.45, 7) is 4.10. The van der Waals surface area contributed by atoms with E-state index in [9.17, 15) is 14.4 Å². The maximum absolute atomic E-state index is 13.8. The second kappa shape index (κ2) is 9.62. The molecule has 1 amide bonds. The van der Waals surface area contributed by atoms with Crippen molar-refractivity contribution in [2.75, 3.05) is 37.7 Å². The molecule has 0 radical (unpaired) electrons. The molecule has 1 aliphatic heterocycles. The van der Waals surface area contributed by atoms with Crippen molar-refractivity contribution >= 4 is 39.8 Å². The molecule has 2 fully saturated rings. The number of amides is 1. The number of para-hydroxylation sites is 1. The van der Waals surface area contributed by atoms with Crippen molar-refractivity contribution in [1.29, 1.82) is 0 Å². The number of thiophene rings is 1. The molecule has 3 heterocycles. The molecule has 34 heavy (non-hydrogen) atoms. The van der Waals surface area contributed by atoms with Gasteiger partial charge in [-0.05, 0) is 37.3 Å². The number of rotatable bonds is 5. The van der Waals surface area contributed by atoms with Crippen LogP contribution in [0.4, 0.5) is 5.69 Å². The molecule has 5 rings (SSSR count). The number of benzene rings is 1. The number of hydrogen-bond acceptors (Lipinski definition) is 6. The summed E-state index contributed by atoms with van der Waals surface area (Å²) in [5.41, 5.74) is 1.35. The molecule has 2 aromatic heterocycles. The molecule has 7 nitrogen and oxygen atoms in total. The lowest BCUT2D eigenvalue weighted by Crippen LogP contribution is -2.49. The third kappa shape index (κ3) is 4.00. The van der Waals surface area contributed by atoms with Gasteiger partial charge in [0.1, 0.15) is 5.56 Å². The number of fused-ring (bicyclic) bond motifs is 1. The minimum Gasteiger partial charge on any atom is -0.462 e. The van der Waals surface area contributed by atoms with Crippen molar-refractivity contribution in [2.45, 2.75) is 38.6 Å². The number of piperazine rings is 1. The smallest absolute Gasteiger partial charge is 0.345 e. The Labute approximate surface area is 202 Å². The van der Waals surface area contributed by atoms with Crippen molar-refractivity contribution < 1.29 is 14.3 Å². The van der Waals surface area contributed by atoms with Crippen molar-refractivity contribution in [3.8, 4) is 0 Å². The lowest BCUT2D eigenvalue weighted by Gasteiger charge is -2.37. The van der Waals surface area contributed by atoms with E-state index in [1.54, 1.807) is 6.92 Å². The Morgan fingerprint density at radius 1 is 1.03 bits per heavy atom. The number of nitrogens with zero attached hydrogens (tertiary/aromatic N) is 3. The second-order valence-corrected chi connectivity index (χ2v) is 9.78. The molecule has 0 unspecified atom stereocenters. The van der Waals surface area contributed by atoms with Gasteiger partial charge in [-0.15, -0.1) is 11.3 Å². The van der Waals surface area contributed by atoms with Crippen LogP contribution < -0.4 is 10.5 Å². The predicted octanol–water partition coefficient (Wildman–Crippen LogP) is 4.32. The first-order valence-electron chi connectivity index (χ1n) is 12.0. The SMILES string of the molecule is CCOC(=O)c1c(N2CCN(C(=O)c3cccs3)CC2)c2ccccc2n(C2CCCC2)c1=O. The van der Waals surface area contributed by atoms with Crippen molar-refractivity contribution in [1.82, 2.24) is 9.47 Å². The normalized spacial score (nSPS) is 16.9. The van der Waals surface area contributed by atoms with Crippen LogP contribution >= 0.6 is 11.3 Å². The number of aromatic nitrogens is 1. The van der Waals surface area contributed by atoms with Crippen LogP contribution in [0.15, 0.2) is 46.6 Å². The number of carbonyl (C=O) groups excluding carboxylic acids is 2. The van der Waals surface area contributed by atoms with E-state index in [2.05, 4.69) is 4.90 Å². The average molecular weight is 480 g/mol. The monoisotopic (exact) mass is 479 g/mol. The van der Waals surface area contributed by atoms with Gasteiger partial charge in [0.2, 0.25) is 0 Å². The highest BCUT2D eigenvalue weighted by Crippen LogP contribution is 2.36. The predicted molar refractivity (Wildman–Crippen MR) is 134 cm³/mol. The Balaban J connectivity index is 1.57. The first kappa shape index (κ1) is 22.7. The van der Waals surface area contributed by atoms with Crippen LogP contribution in [0.25, 0.3) is 10.9 Å². The van der Waals surface area contributed by atoms with E-state index >= 15 is 0 Å². The minimum absolute atomic E-state index is 0.0294. The van der Waals surface area contributed by atoms with Gasteiger partial charge in [0, 0.05) is 37.6 Å².